The zero-order chi connectivity index (χ0) is 15.4. The van der Waals surface area contributed by atoms with Crippen molar-refractivity contribution in [2.24, 2.45) is 4.99 Å². The first-order chi connectivity index (χ1) is 10.1. The zero-order valence-corrected chi connectivity index (χ0v) is 11.8. The Morgan fingerprint density at radius 2 is 2.00 bits per heavy atom. The Balaban J connectivity index is 2.57. The second-order valence-electron chi connectivity index (χ2n) is 4.68. The Morgan fingerprint density at radius 3 is 2.57 bits per heavy atom. The minimum absolute atomic E-state index is 0.0934. The van der Waals surface area contributed by atoms with E-state index in [2.05, 4.69) is 4.99 Å². The minimum Gasteiger partial charge on any atom is -0.506 e. The lowest BCUT2D eigenvalue weighted by Crippen LogP contribution is -2.27. The number of nitrogens with zero attached hydrogens (tertiary/aromatic N) is 3. The van der Waals surface area contributed by atoms with Crippen LogP contribution in [0.4, 0.5) is 11.5 Å². The molecule has 0 spiro atoms. The molecule has 0 saturated carbocycles. The second-order valence-corrected chi connectivity index (χ2v) is 4.68. The molecule has 1 aromatic rings. The average molecular weight is 290 g/mol. The third-order valence-corrected chi connectivity index (χ3v) is 3.28. The maximum Gasteiger partial charge on any atom is 0.294 e. The first-order valence-corrected chi connectivity index (χ1v) is 6.75. The number of nitrogen functional groups attached to an aromatic ring is 1. The Kier molecular flexibility index (Phi) is 4.42. The Bertz CT molecular complexity index is 692. The van der Waals surface area contributed by atoms with Crippen LogP contribution in [0.5, 0.6) is 0 Å². The van der Waals surface area contributed by atoms with Crippen LogP contribution in [0.3, 0.4) is 0 Å². The van der Waals surface area contributed by atoms with Gasteiger partial charge in [0.25, 0.3) is 5.56 Å². The maximum absolute atomic E-state index is 12.3. The number of anilines is 1. The first kappa shape index (κ1) is 14.8. The van der Waals surface area contributed by atoms with Crippen molar-refractivity contribution in [3.63, 3.8) is 0 Å². The summed E-state index contributed by atoms with van der Waals surface area (Å²) in [5.74, 6) is -0.0309. The van der Waals surface area contributed by atoms with E-state index in [1.807, 2.05) is 0 Å². The van der Waals surface area contributed by atoms with Gasteiger partial charge in [-0.05, 0) is 25.8 Å². The lowest BCUT2D eigenvalue weighted by Gasteiger charge is -2.17. The van der Waals surface area contributed by atoms with Crippen molar-refractivity contribution in [3.05, 3.63) is 34.3 Å². The average Bonchev–Trinajstić information content (AvgIpc) is 2.72. The molecule has 0 radical (unpaired) electrons. The molecule has 1 aliphatic rings. The van der Waals surface area contributed by atoms with Crippen LogP contribution in [0.15, 0.2) is 33.8 Å². The highest BCUT2D eigenvalue weighted by Gasteiger charge is 2.20. The summed E-state index contributed by atoms with van der Waals surface area (Å²) in [5, 5.41) is 9.78. The normalized spacial score (nSPS) is 16.2. The molecule has 3 N–H and O–H groups in total. The highest BCUT2D eigenvalue weighted by molar-refractivity contribution is 6.09. The molecule has 21 heavy (non-hydrogen) atoms. The van der Waals surface area contributed by atoms with E-state index in [0.717, 1.165) is 18.9 Å². The van der Waals surface area contributed by atoms with Gasteiger partial charge in [0.1, 0.15) is 17.8 Å². The number of fused-ring (bicyclic) bond motifs is 1. The van der Waals surface area contributed by atoms with Crippen molar-refractivity contribution in [3.8, 4) is 0 Å². The van der Waals surface area contributed by atoms with E-state index in [1.165, 1.54) is 6.08 Å². The van der Waals surface area contributed by atoms with Gasteiger partial charge in [-0.2, -0.15) is 0 Å². The van der Waals surface area contributed by atoms with Gasteiger partial charge in [-0.25, -0.2) is 9.67 Å². The van der Waals surface area contributed by atoms with Crippen molar-refractivity contribution in [2.45, 2.75) is 32.9 Å². The standard InChI is InChI=1S/C14H18N4O3/c1-2-5-10(11(20)6-9-19)16-12-13(15)17-7-3-4-8-18(17)14(12)21/h2,5-6,9,20H,3-4,7-8,15H2,1H3/b5-2-,11-6+,16-10+. The highest BCUT2D eigenvalue weighted by atomic mass is 16.3. The number of aromatic nitrogens is 2. The van der Waals surface area contributed by atoms with Crippen molar-refractivity contribution in [1.29, 1.82) is 0 Å². The predicted molar refractivity (Wildman–Crippen MR) is 81.0 cm³/mol. The van der Waals surface area contributed by atoms with Gasteiger partial charge in [-0.3, -0.25) is 14.3 Å². The van der Waals surface area contributed by atoms with Crippen LogP contribution < -0.4 is 11.3 Å². The molecule has 0 bridgehead atoms. The summed E-state index contributed by atoms with van der Waals surface area (Å²) >= 11 is 0. The molecule has 0 aromatic carbocycles. The molecular weight excluding hydrogens is 272 g/mol. The number of aliphatic hydroxyl groups excluding tert-OH is 1. The van der Waals surface area contributed by atoms with Crippen molar-refractivity contribution in [1.82, 2.24) is 9.36 Å². The van der Waals surface area contributed by atoms with Gasteiger partial charge < -0.3 is 10.8 Å². The quantitative estimate of drug-likeness (QED) is 0.378. The molecule has 0 amide bonds. The van der Waals surface area contributed by atoms with Gasteiger partial charge in [-0.15, -0.1) is 0 Å². The van der Waals surface area contributed by atoms with Gasteiger partial charge in [0.05, 0.1) is 0 Å². The van der Waals surface area contributed by atoms with Crippen molar-refractivity contribution < 1.29 is 9.90 Å². The number of allylic oxidation sites excluding steroid dienone is 3. The van der Waals surface area contributed by atoms with Crippen LogP contribution in [0.25, 0.3) is 0 Å². The van der Waals surface area contributed by atoms with E-state index in [4.69, 9.17) is 5.73 Å². The number of aliphatic hydroxyl groups is 1. The molecule has 0 saturated heterocycles. The highest BCUT2D eigenvalue weighted by Crippen LogP contribution is 2.22. The van der Waals surface area contributed by atoms with Gasteiger partial charge >= 0.3 is 0 Å². The fourth-order valence-electron chi connectivity index (χ4n) is 2.29. The molecular formula is C14H18N4O3. The number of aliphatic imine (C=N–C) groups is 1. The number of carbonyl (C=O) groups is 1. The van der Waals surface area contributed by atoms with E-state index >= 15 is 0 Å². The molecule has 1 aliphatic heterocycles. The lowest BCUT2D eigenvalue weighted by atomic mass is 10.2. The van der Waals surface area contributed by atoms with Crippen LogP contribution in [-0.2, 0) is 17.9 Å². The van der Waals surface area contributed by atoms with E-state index in [0.29, 0.717) is 19.4 Å². The number of aldehydes is 1. The van der Waals surface area contributed by atoms with E-state index < -0.39 is 0 Å². The number of hydrogen-bond donors (Lipinski definition) is 2. The predicted octanol–water partition coefficient (Wildman–Crippen LogP) is 1.32. The first-order valence-electron chi connectivity index (χ1n) is 6.75. The van der Waals surface area contributed by atoms with Crippen LogP contribution in [-0.4, -0.2) is 26.5 Å². The molecule has 2 heterocycles. The zero-order valence-electron chi connectivity index (χ0n) is 11.8. The molecule has 0 atom stereocenters. The van der Waals surface area contributed by atoms with E-state index in [9.17, 15) is 14.7 Å². The SMILES string of the molecule is C\C=C/C(=N\c1c(N)n2n(c1=O)CCCC2)C(/O)=C\C=O. The van der Waals surface area contributed by atoms with Crippen LogP contribution in [0.2, 0.25) is 0 Å². The largest absolute Gasteiger partial charge is 0.506 e. The fourth-order valence-corrected chi connectivity index (χ4v) is 2.29. The van der Waals surface area contributed by atoms with Crippen molar-refractivity contribution >= 4 is 23.5 Å². The van der Waals surface area contributed by atoms with Gasteiger partial charge in [0.15, 0.2) is 11.5 Å². The fraction of sp³-hybridized carbons (Fsp3) is 0.357. The molecule has 112 valence electrons. The summed E-state index contributed by atoms with van der Waals surface area (Å²) < 4.78 is 3.27. The maximum atomic E-state index is 12.3. The van der Waals surface area contributed by atoms with E-state index in [-0.39, 0.29) is 28.5 Å². The molecule has 7 heteroatoms. The van der Waals surface area contributed by atoms with Crippen LogP contribution in [0.1, 0.15) is 19.8 Å². The summed E-state index contributed by atoms with van der Waals surface area (Å²) in [7, 11) is 0. The van der Waals surface area contributed by atoms with Gasteiger partial charge in [0, 0.05) is 19.2 Å². The summed E-state index contributed by atoms with van der Waals surface area (Å²) in [6.45, 7) is 3.02. The summed E-state index contributed by atoms with van der Waals surface area (Å²) in [6.07, 6.45) is 6.47. The summed E-state index contributed by atoms with van der Waals surface area (Å²) in [6, 6.07) is 0. The minimum atomic E-state index is -0.309. The number of nitrogens with two attached hydrogens (primary N) is 1. The summed E-state index contributed by atoms with van der Waals surface area (Å²) in [4.78, 5) is 26.9. The van der Waals surface area contributed by atoms with Crippen LogP contribution in [0, 0.1) is 0 Å². The Labute approximate surface area is 121 Å². The van der Waals surface area contributed by atoms with Crippen LogP contribution >= 0.6 is 0 Å². The molecule has 0 unspecified atom stereocenters. The lowest BCUT2D eigenvalue weighted by molar-refractivity contribution is -0.104. The molecule has 2 rings (SSSR count). The van der Waals surface area contributed by atoms with Crippen molar-refractivity contribution in [2.75, 3.05) is 5.73 Å². The van der Waals surface area contributed by atoms with Gasteiger partial charge in [0.2, 0.25) is 0 Å². The summed E-state index contributed by atoms with van der Waals surface area (Å²) in [5.41, 5.74) is 5.92. The second kappa shape index (κ2) is 6.25. The number of hydrogen-bond acceptors (Lipinski definition) is 5. The molecule has 0 aliphatic carbocycles. The Hall–Kier alpha value is -2.57. The monoisotopic (exact) mass is 290 g/mol. The topological polar surface area (TPSA) is 103 Å². The number of carbonyl (C=O) groups excluding carboxylic acids is 1. The third-order valence-electron chi connectivity index (χ3n) is 3.28. The third kappa shape index (κ3) is 2.81. The molecule has 0 fully saturated rings. The Morgan fingerprint density at radius 1 is 1.33 bits per heavy atom. The van der Waals surface area contributed by atoms with Gasteiger partial charge in [-0.1, -0.05) is 6.08 Å². The number of rotatable bonds is 4. The molecule has 7 nitrogen and oxygen atoms in total. The smallest absolute Gasteiger partial charge is 0.294 e. The molecule has 1 aromatic heterocycles. The van der Waals surface area contributed by atoms with E-state index in [1.54, 1.807) is 22.4 Å².